The molecule has 0 N–H and O–H groups in total. The molecule has 0 spiro atoms. The minimum atomic E-state index is -0.0904. The smallest absolute Gasteiger partial charge is 0.273 e. The van der Waals surface area contributed by atoms with E-state index in [1.807, 2.05) is 19.2 Å². The first-order valence-electron chi connectivity index (χ1n) is 7.22. The Balaban J connectivity index is 2.06. The van der Waals surface area contributed by atoms with Crippen molar-refractivity contribution in [1.29, 1.82) is 0 Å². The van der Waals surface area contributed by atoms with Crippen LogP contribution in [0.15, 0.2) is 9.80 Å². The standard InChI is InChI=1S/C14H20N4O2S/c1-4-7-13-15-10(9-21-13)14(19)18(6-3)8-12-17-16-11(5-2)20-12/h9H,4-8H2,1-3H3. The van der Waals surface area contributed by atoms with Crippen molar-refractivity contribution in [2.24, 2.45) is 0 Å². The maximum Gasteiger partial charge on any atom is 0.273 e. The highest BCUT2D eigenvalue weighted by Crippen LogP contribution is 2.15. The monoisotopic (exact) mass is 308 g/mol. The van der Waals surface area contributed by atoms with Crippen LogP contribution in [0.25, 0.3) is 0 Å². The zero-order chi connectivity index (χ0) is 15.2. The molecule has 0 radical (unpaired) electrons. The van der Waals surface area contributed by atoms with E-state index >= 15 is 0 Å². The predicted molar refractivity (Wildman–Crippen MR) is 80.2 cm³/mol. The van der Waals surface area contributed by atoms with Crippen molar-refractivity contribution in [3.05, 3.63) is 27.9 Å². The van der Waals surface area contributed by atoms with Crippen LogP contribution in [0.2, 0.25) is 0 Å². The lowest BCUT2D eigenvalue weighted by atomic mass is 10.3. The molecule has 0 fully saturated rings. The number of thiazole rings is 1. The Hall–Kier alpha value is -1.76. The Morgan fingerprint density at radius 3 is 2.67 bits per heavy atom. The molecule has 0 aliphatic rings. The number of hydrogen-bond acceptors (Lipinski definition) is 6. The molecule has 7 heteroatoms. The molecule has 0 saturated carbocycles. The van der Waals surface area contributed by atoms with Gasteiger partial charge in [-0.05, 0) is 19.8 Å². The second-order valence-corrected chi connectivity index (χ2v) is 5.58. The Bertz CT molecular complexity index is 593. The summed E-state index contributed by atoms with van der Waals surface area (Å²) in [6.45, 7) is 6.87. The molecule has 0 atom stereocenters. The first-order valence-corrected chi connectivity index (χ1v) is 8.10. The average molecular weight is 308 g/mol. The van der Waals surface area contributed by atoms with Crippen molar-refractivity contribution in [3.8, 4) is 0 Å². The molecule has 1 amide bonds. The van der Waals surface area contributed by atoms with Crippen molar-refractivity contribution in [2.45, 2.75) is 46.6 Å². The molecule has 21 heavy (non-hydrogen) atoms. The lowest BCUT2D eigenvalue weighted by Crippen LogP contribution is -2.30. The summed E-state index contributed by atoms with van der Waals surface area (Å²) in [7, 11) is 0. The molecule has 0 aromatic carbocycles. The predicted octanol–water partition coefficient (Wildman–Crippen LogP) is 2.70. The van der Waals surface area contributed by atoms with Gasteiger partial charge in [0.05, 0.1) is 11.6 Å². The SMILES string of the molecule is CCCc1nc(C(=O)N(CC)Cc2nnc(CC)o2)cs1. The van der Waals surface area contributed by atoms with Gasteiger partial charge in [-0.15, -0.1) is 21.5 Å². The Labute approximate surface area is 128 Å². The maximum atomic E-state index is 12.5. The van der Waals surface area contributed by atoms with Crippen molar-refractivity contribution in [3.63, 3.8) is 0 Å². The summed E-state index contributed by atoms with van der Waals surface area (Å²) >= 11 is 1.53. The summed E-state index contributed by atoms with van der Waals surface area (Å²) in [6, 6.07) is 0. The molecular weight excluding hydrogens is 288 g/mol. The third-order valence-corrected chi connectivity index (χ3v) is 3.95. The molecule has 0 unspecified atom stereocenters. The number of amides is 1. The van der Waals surface area contributed by atoms with Crippen molar-refractivity contribution < 1.29 is 9.21 Å². The molecule has 2 rings (SSSR count). The van der Waals surface area contributed by atoms with Crippen molar-refractivity contribution in [2.75, 3.05) is 6.54 Å². The van der Waals surface area contributed by atoms with E-state index in [9.17, 15) is 4.79 Å². The van der Waals surface area contributed by atoms with Crippen LogP contribution in [-0.2, 0) is 19.4 Å². The number of aromatic nitrogens is 3. The van der Waals surface area contributed by atoms with E-state index in [4.69, 9.17) is 4.42 Å². The van der Waals surface area contributed by atoms with Crippen LogP contribution >= 0.6 is 11.3 Å². The summed E-state index contributed by atoms with van der Waals surface area (Å²) < 4.78 is 5.46. The average Bonchev–Trinajstić information content (AvgIpc) is 3.13. The van der Waals surface area contributed by atoms with Crippen molar-refractivity contribution >= 4 is 17.2 Å². The fourth-order valence-corrected chi connectivity index (χ4v) is 2.76. The molecule has 2 aromatic rings. The van der Waals surface area contributed by atoms with Gasteiger partial charge < -0.3 is 9.32 Å². The quantitative estimate of drug-likeness (QED) is 0.786. The summed E-state index contributed by atoms with van der Waals surface area (Å²) in [6.07, 6.45) is 2.63. The first-order chi connectivity index (χ1) is 10.2. The van der Waals surface area contributed by atoms with Crippen molar-refractivity contribution in [1.82, 2.24) is 20.1 Å². The van der Waals surface area contributed by atoms with Gasteiger partial charge in [0.2, 0.25) is 11.8 Å². The number of aryl methyl sites for hydroxylation is 2. The van der Waals surface area contributed by atoms with E-state index in [-0.39, 0.29) is 5.91 Å². The minimum absolute atomic E-state index is 0.0904. The van der Waals surface area contributed by atoms with Gasteiger partial charge >= 0.3 is 0 Å². The van der Waals surface area contributed by atoms with Gasteiger partial charge in [0, 0.05) is 18.3 Å². The van der Waals surface area contributed by atoms with E-state index < -0.39 is 0 Å². The van der Waals surface area contributed by atoms with Gasteiger partial charge in [0.15, 0.2) is 0 Å². The number of carbonyl (C=O) groups excluding carboxylic acids is 1. The van der Waals surface area contributed by atoms with Gasteiger partial charge in [0.1, 0.15) is 5.69 Å². The third kappa shape index (κ3) is 3.87. The fraction of sp³-hybridized carbons (Fsp3) is 0.571. The highest BCUT2D eigenvalue weighted by molar-refractivity contribution is 7.09. The number of rotatable bonds is 7. The zero-order valence-corrected chi connectivity index (χ0v) is 13.4. The number of hydrogen-bond donors (Lipinski definition) is 0. The largest absolute Gasteiger partial charge is 0.423 e. The summed E-state index contributed by atoms with van der Waals surface area (Å²) in [5.41, 5.74) is 0.500. The highest BCUT2D eigenvalue weighted by atomic mass is 32.1. The Kier molecular flexibility index (Phi) is 5.44. The van der Waals surface area contributed by atoms with E-state index in [0.717, 1.165) is 17.8 Å². The Morgan fingerprint density at radius 2 is 2.05 bits per heavy atom. The second kappa shape index (κ2) is 7.31. The maximum absolute atomic E-state index is 12.5. The molecule has 0 aliphatic heterocycles. The lowest BCUT2D eigenvalue weighted by Gasteiger charge is -2.17. The lowest BCUT2D eigenvalue weighted by molar-refractivity contribution is 0.0732. The van der Waals surface area contributed by atoms with E-state index in [0.29, 0.717) is 37.0 Å². The van der Waals surface area contributed by atoms with Crippen LogP contribution in [0, 0.1) is 0 Å². The topological polar surface area (TPSA) is 72.1 Å². The molecule has 2 heterocycles. The normalized spacial score (nSPS) is 10.8. The van der Waals surface area contributed by atoms with Crippen LogP contribution in [0.3, 0.4) is 0 Å². The van der Waals surface area contributed by atoms with Crippen LogP contribution in [0.4, 0.5) is 0 Å². The molecular formula is C14H20N4O2S. The first kappa shape index (κ1) is 15.6. The second-order valence-electron chi connectivity index (χ2n) is 4.64. The fourth-order valence-electron chi connectivity index (χ4n) is 1.89. The molecule has 2 aromatic heterocycles. The molecule has 0 aliphatic carbocycles. The van der Waals surface area contributed by atoms with Gasteiger partial charge in [-0.1, -0.05) is 13.8 Å². The van der Waals surface area contributed by atoms with Crippen LogP contribution in [0.5, 0.6) is 0 Å². The van der Waals surface area contributed by atoms with Gasteiger partial charge in [0.25, 0.3) is 5.91 Å². The van der Waals surface area contributed by atoms with E-state index in [2.05, 4.69) is 22.1 Å². The Morgan fingerprint density at radius 1 is 1.29 bits per heavy atom. The highest BCUT2D eigenvalue weighted by Gasteiger charge is 2.19. The van der Waals surface area contributed by atoms with Gasteiger partial charge in [-0.2, -0.15) is 0 Å². The minimum Gasteiger partial charge on any atom is -0.423 e. The number of nitrogens with zero attached hydrogens (tertiary/aromatic N) is 4. The molecule has 0 bridgehead atoms. The van der Waals surface area contributed by atoms with E-state index in [1.54, 1.807) is 4.90 Å². The molecule has 6 nitrogen and oxygen atoms in total. The molecule has 114 valence electrons. The van der Waals surface area contributed by atoms with E-state index in [1.165, 1.54) is 11.3 Å². The zero-order valence-electron chi connectivity index (χ0n) is 12.6. The summed E-state index contributed by atoms with van der Waals surface area (Å²) in [4.78, 5) is 18.5. The third-order valence-electron chi connectivity index (χ3n) is 3.04. The number of carbonyl (C=O) groups is 1. The molecule has 0 saturated heterocycles. The van der Waals surface area contributed by atoms with Gasteiger partial charge in [-0.3, -0.25) is 4.79 Å². The van der Waals surface area contributed by atoms with Gasteiger partial charge in [-0.25, -0.2) is 4.98 Å². The summed E-state index contributed by atoms with van der Waals surface area (Å²) in [5, 5.41) is 10.7. The van der Waals surface area contributed by atoms with Crippen LogP contribution in [0.1, 0.15) is 54.5 Å². The summed E-state index contributed by atoms with van der Waals surface area (Å²) in [5.74, 6) is 0.964. The van der Waals surface area contributed by atoms with Crippen LogP contribution < -0.4 is 0 Å². The van der Waals surface area contributed by atoms with Crippen LogP contribution in [-0.4, -0.2) is 32.5 Å².